The molecule has 0 aliphatic heterocycles. The molecular formula is C14H8Br2N2O3. The number of H-pyrrole nitrogens is 1. The maximum absolute atomic E-state index is 12.3. The quantitative estimate of drug-likeness (QED) is 0.677. The second kappa shape index (κ2) is 5.16. The zero-order valence-electron chi connectivity index (χ0n) is 10.4. The zero-order valence-corrected chi connectivity index (χ0v) is 13.6. The number of carboxylic acid groups (broad SMARTS) is 1. The number of carbonyl (C=O) groups is 1. The molecule has 1 aromatic heterocycles. The highest BCUT2D eigenvalue weighted by Gasteiger charge is 2.18. The average molecular weight is 412 g/mol. The number of halogens is 2. The molecule has 0 saturated carbocycles. The van der Waals surface area contributed by atoms with Crippen LogP contribution in [0.1, 0.15) is 10.4 Å². The maximum Gasteiger partial charge on any atom is 0.337 e. The minimum atomic E-state index is -1.08. The lowest BCUT2D eigenvalue weighted by Crippen LogP contribution is -2.16. The molecule has 106 valence electrons. The van der Waals surface area contributed by atoms with E-state index in [4.69, 9.17) is 0 Å². The summed E-state index contributed by atoms with van der Waals surface area (Å²) < 4.78 is 2.83. The number of benzene rings is 2. The molecule has 3 aromatic rings. The van der Waals surface area contributed by atoms with Crippen molar-refractivity contribution in [3.05, 3.63) is 61.4 Å². The summed E-state index contributed by atoms with van der Waals surface area (Å²) >= 11 is 6.75. The summed E-state index contributed by atoms with van der Waals surface area (Å²) in [7, 11) is 0. The third-order valence-corrected chi connectivity index (χ3v) is 4.25. The number of aromatic nitrogens is 2. The van der Waals surface area contributed by atoms with Crippen LogP contribution in [0, 0.1) is 0 Å². The molecule has 0 unspecified atom stereocenters. The predicted octanol–water partition coefficient (Wildman–Crippen LogP) is 3.54. The van der Waals surface area contributed by atoms with Gasteiger partial charge >= 0.3 is 11.7 Å². The minimum Gasteiger partial charge on any atom is -0.478 e. The van der Waals surface area contributed by atoms with Crippen molar-refractivity contribution < 1.29 is 9.90 Å². The van der Waals surface area contributed by atoms with Gasteiger partial charge in [0.05, 0.1) is 22.3 Å². The van der Waals surface area contributed by atoms with Crippen molar-refractivity contribution in [2.45, 2.75) is 0 Å². The molecule has 0 radical (unpaired) electrons. The highest BCUT2D eigenvalue weighted by atomic mass is 79.9. The van der Waals surface area contributed by atoms with Crippen LogP contribution in [0.2, 0.25) is 0 Å². The number of imidazole rings is 1. The summed E-state index contributed by atoms with van der Waals surface area (Å²) in [5.41, 5.74) is 1.06. The van der Waals surface area contributed by atoms with Gasteiger partial charge in [-0.05, 0) is 46.3 Å². The van der Waals surface area contributed by atoms with Gasteiger partial charge in [-0.15, -0.1) is 0 Å². The number of aromatic amines is 1. The number of fused-ring (bicyclic) bond motifs is 1. The van der Waals surface area contributed by atoms with E-state index in [9.17, 15) is 14.7 Å². The standard InChI is InChI=1S/C14H8Br2N2O3/c15-7-4-5-9(16)11(6-7)18-12-8(13(19)20)2-1-3-10(12)17-14(18)21/h1-6H,(H,17,21)(H,19,20). The number of aromatic carboxylic acids is 1. The topological polar surface area (TPSA) is 75.1 Å². The van der Waals surface area contributed by atoms with Crippen molar-refractivity contribution in [1.82, 2.24) is 9.55 Å². The van der Waals surface area contributed by atoms with E-state index < -0.39 is 11.7 Å². The summed E-state index contributed by atoms with van der Waals surface area (Å²) in [5.74, 6) is -1.08. The van der Waals surface area contributed by atoms with Crippen molar-refractivity contribution in [2.24, 2.45) is 0 Å². The van der Waals surface area contributed by atoms with E-state index in [0.717, 1.165) is 4.47 Å². The van der Waals surface area contributed by atoms with Crippen molar-refractivity contribution in [1.29, 1.82) is 0 Å². The van der Waals surface area contributed by atoms with Gasteiger partial charge in [-0.2, -0.15) is 0 Å². The number of nitrogens with zero attached hydrogens (tertiary/aromatic N) is 1. The van der Waals surface area contributed by atoms with Crippen LogP contribution in [0.25, 0.3) is 16.7 Å². The Bertz CT molecular complexity index is 928. The number of nitrogens with one attached hydrogen (secondary N) is 1. The summed E-state index contributed by atoms with van der Waals surface area (Å²) in [6, 6.07) is 10.1. The van der Waals surface area contributed by atoms with Crippen LogP contribution in [0.5, 0.6) is 0 Å². The Morgan fingerprint density at radius 2 is 1.95 bits per heavy atom. The van der Waals surface area contributed by atoms with Crippen LogP contribution in [-0.4, -0.2) is 20.6 Å². The maximum atomic E-state index is 12.3. The largest absolute Gasteiger partial charge is 0.478 e. The number of carboxylic acids is 1. The first kappa shape index (κ1) is 14.1. The van der Waals surface area contributed by atoms with Gasteiger partial charge in [0, 0.05) is 8.95 Å². The zero-order chi connectivity index (χ0) is 15.1. The van der Waals surface area contributed by atoms with E-state index in [1.54, 1.807) is 24.3 Å². The Kier molecular flexibility index (Phi) is 3.46. The summed E-state index contributed by atoms with van der Waals surface area (Å²) in [6.07, 6.45) is 0. The van der Waals surface area contributed by atoms with Crippen molar-refractivity contribution in [3.63, 3.8) is 0 Å². The van der Waals surface area contributed by atoms with Gasteiger partial charge in [-0.1, -0.05) is 22.0 Å². The van der Waals surface area contributed by atoms with Crippen molar-refractivity contribution >= 4 is 48.9 Å². The molecule has 2 N–H and O–H groups in total. The van der Waals surface area contributed by atoms with Gasteiger partial charge in [0.25, 0.3) is 0 Å². The lowest BCUT2D eigenvalue weighted by Gasteiger charge is -2.08. The predicted molar refractivity (Wildman–Crippen MR) is 86.3 cm³/mol. The van der Waals surface area contributed by atoms with E-state index in [0.29, 0.717) is 21.2 Å². The molecule has 0 atom stereocenters. The molecular weight excluding hydrogens is 404 g/mol. The summed E-state index contributed by atoms with van der Waals surface area (Å²) in [5, 5.41) is 9.34. The highest BCUT2D eigenvalue weighted by molar-refractivity contribution is 9.11. The molecule has 5 nitrogen and oxygen atoms in total. The van der Waals surface area contributed by atoms with E-state index >= 15 is 0 Å². The van der Waals surface area contributed by atoms with Crippen LogP contribution < -0.4 is 5.69 Å². The monoisotopic (exact) mass is 410 g/mol. The molecule has 2 aromatic carbocycles. The fraction of sp³-hybridized carbons (Fsp3) is 0. The van der Waals surface area contributed by atoms with E-state index in [1.807, 2.05) is 6.07 Å². The molecule has 0 aliphatic rings. The second-order valence-electron chi connectivity index (χ2n) is 4.37. The first-order chi connectivity index (χ1) is 9.99. The molecule has 0 spiro atoms. The van der Waals surface area contributed by atoms with Crippen LogP contribution >= 0.6 is 31.9 Å². The molecule has 0 aliphatic carbocycles. The Labute approximate surface area is 135 Å². The highest BCUT2D eigenvalue weighted by Crippen LogP contribution is 2.27. The summed E-state index contributed by atoms with van der Waals surface area (Å²) in [4.78, 5) is 26.3. The second-order valence-corrected chi connectivity index (χ2v) is 6.14. The van der Waals surface area contributed by atoms with Gasteiger partial charge < -0.3 is 10.1 Å². The normalized spacial score (nSPS) is 11.0. The molecule has 0 saturated heterocycles. The Hall–Kier alpha value is -1.86. The summed E-state index contributed by atoms with van der Waals surface area (Å²) in [6.45, 7) is 0. The molecule has 21 heavy (non-hydrogen) atoms. The Morgan fingerprint density at radius 3 is 2.67 bits per heavy atom. The van der Waals surface area contributed by atoms with Crippen molar-refractivity contribution in [2.75, 3.05) is 0 Å². The smallest absolute Gasteiger partial charge is 0.337 e. The molecule has 1 heterocycles. The first-order valence-electron chi connectivity index (χ1n) is 5.91. The number of hydrogen-bond acceptors (Lipinski definition) is 2. The third-order valence-electron chi connectivity index (χ3n) is 3.08. The van der Waals surface area contributed by atoms with Gasteiger partial charge in [0.15, 0.2) is 0 Å². The minimum absolute atomic E-state index is 0.0673. The van der Waals surface area contributed by atoms with Gasteiger partial charge in [0.2, 0.25) is 0 Å². The van der Waals surface area contributed by atoms with Crippen LogP contribution in [0.15, 0.2) is 50.1 Å². The first-order valence-corrected chi connectivity index (χ1v) is 7.50. The molecule has 3 rings (SSSR count). The number of hydrogen-bond donors (Lipinski definition) is 2. The fourth-order valence-corrected chi connectivity index (χ4v) is 2.99. The van der Waals surface area contributed by atoms with Crippen LogP contribution in [0.3, 0.4) is 0 Å². The lowest BCUT2D eigenvalue weighted by atomic mass is 10.2. The van der Waals surface area contributed by atoms with Crippen molar-refractivity contribution in [3.8, 4) is 5.69 Å². The van der Waals surface area contributed by atoms with E-state index in [1.165, 1.54) is 10.6 Å². The van der Waals surface area contributed by atoms with Crippen LogP contribution in [0.4, 0.5) is 0 Å². The van der Waals surface area contributed by atoms with Gasteiger partial charge in [0.1, 0.15) is 0 Å². The van der Waals surface area contributed by atoms with E-state index in [2.05, 4.69) is 36.8 Å². The fourth-order valence-electron chi connectivity index (χ4n) is 2.22. The number of rotatable bonds is 2. The van der Waals surface area contributed by atoms with Gasteiger partial charge in [-0.3, -0.25) is 4.57 Å². The Balaban J connectivity index is 2.48. The molecule has 0 bridgehead atoms. The average Bonchev–Trinajstić information content (AvgIpc) is 2.77. The van der Waals surface area contributed by atoms with Crippen LogP contribution in [-0.2, 0) is 0 Å². The SMILES string of the molecule is O=C(O)c1cccc2[nH]c(=O)n(-c3cc(Br)ccc3Br)c12. The molecule has 0 amide bonds. The Morgan fingerprint density at radius 1 is 1.19 bits per heavy atom. The third kappa shape index (κ3) is 2.32. The molecule has 7 heteroatoms. The van der Waals surface area contributed by atoms with Gasteiger partial charge in [-0.25, -0.2) is 9.59 Å². The molecule has 0 fully saturated rings. The number of para-hydroxylation sites is 1. The van der Waals surface area contributed by atoms with E-state index in [-0.39, 0.29) is 5.56 Å². The lowest BCUT2D eigenvalue weighted by molar-refractivity contribution is 0.0698.